The third-order valence-corrected chi connectivity index (χ3v) is 2.60. The molecule has 0 aromatic rings. The second-order valence-corrected chi connectivity index (χ2v) is 3.97. The number of hydrogen-bond acceptors (Lipinski definition) is 2. The lowest BCUT2D eigenvalue weighted by molar-refractivity contribution is 0.486. The average Bonchev–Trinajstić information content (AvgIpc) is 2.77. The number of rotatable bonds is 7. The highest BCUT2D eigenvalue weighted by Crippen LogP contribution is 2.47. The minimum absolute atomic E-state index is 0.693. The summed E-state index contributed by atoms with van der Waals surface area (Å²) in [5.74, 6) is 0. The Morgan fingerprint density at radius 2 is 2.08 bits per heavy atom. The first-order valence-electron chi connectivity index (χ1n) is 4.82. The van der Waals surface area contributed by atoms with Crippen LogP contribution in [0.15, 0.2) is 12.8 Å². The van der Waals surface area contributed by atoms with E-state index in [1.54, 1.807) is 6.20 Å². The molecule has 1 rings (SSSR count). The molecule has 0 aliphatic heterocycles. The molecule has 0 spiro atoms. The van der Waals surface area contributed by atoms with Gasteiger partial charge in [-0.05, 0) is 37.4 Å². The van der Waals surface area contributed by atoms with Crippen LogP contribution >= 0.6 is 0 Å². The molecule has 2 N–H and O–H groups in total. The quantitative estimate of drug-likeness (QED) is 0.563. The summed E-state index contributed by atoms with van der Waals surface area (Å²) < 4.78 is 0. The van der Waals surface area contributed by atoms with Gasteiger partial charge in [-0.15, -0.1) is 0 Å². The smallest absolute Gasteiger partial charge is 0.0266 e. The van der Waals surface area contributed by atoms with E-state index in [2.05, 4.69) is 24.1 Å². The third-order valence-electron chi connectivity index (χ3n) is 2.60. The molecule has 0 radical (unpaired) electrons. The molecule has 0 atom stereocenters. The number of nitrogens with one attached hydrogen (secondary N) is 2. The molecule has 2 nitrogen and oxygen atoms in total. The zero-order valence-electron chi connectivity index (χ0n) is 8.03. The van der Waals surface area contributed by atoms with Gasteiger partial charge in [-0.25, -0.2) is 0 Å². The minimum Gasteiger partial charge on any atom is -0.390 e. The van der Waals surface area contributed by atoms with Crippen molar-refractivity contribution in [3.8, 4) is 0 Å². The fourth-order valence-electron chi connectivity index (χ4n) is 1.24. The monoisotopic (exact) mass is 168 g/mol. The Morgan fingerprint density at radius 1 is 1.33 bits per heavy atom. The molecule has 0 amide bonds. The average molecular weight is 168 g/mol. The molecule has 2 heteroatoms. The van der Waals surface area contributed by atoms with Crippen LogP contribution in [-0.2, 0) is 0 Å². The van der Waals surface area contributed by atoms with Crippen LogP contribution in [0.3, 0.4) is 0 Å². The van der Waals surface area contributed by atoms with Crippen molar-refractivity contribution in [1.82, 2.24) is 10.6 Å². The summed E-state index contributed by atoms with van der Waals surface area (Å²) in [6.45, 7) is 9.15. The first-order chi connectivity index (χ1) is 5.77. The minimum atomic E-state index is 0.693. The Labute approximate surface area is 75.4 Å². The molecule has 0 aromatic heterocycles. The number of hydrogen-bond donors (Lipinski definition) is 2. The van der Waals surface area contributed by atoms with Crippen LogP contribution < -0.4 is 10.6 Å². The van der Waals surface area contributed by atoms with E-state index >= 15 is 0 Å². The van der Waals surface area contributed by atoms with Gasteiger partial charge in [0.2, 0.25) is 0 Å². The highest BCUT2D eigenvalue weighted by molar-refractivity contribution is 4.88. The van der Waals surface area contributed by atoms with E-state index in [1.165, 1.54) is 19.3 Å². The molecule has 1 aliphatic rings. The lowest BCUT2D eigenvalue weighted by Gasteiger charge is -2.08. The van der Waals surface area contributed by atoms with Gasteiger partial charge in [0.05, 0.1) is 0 Å². The van der Waals surface area contributed by atoms with E-state index in [0.717, 1.165) is 19.6 Å². The molecule has 1 saturated carbocycles. The lowest BCUT2D eigenvalue weighted by Crippen LogP contribution is -2.26. The predicted octanol–water partition coefficient (Wildman–Crippen LogP) is 1.50. The van der Waals surface area contributed by atoms with Crippen LogP contribution in [0.25, 0.3) is 0 Å². The van der Waals surface area contributed by atoms with E-state index in [4.69, 9.17) is 0 Å². The Bertz CT molecular complexity index is 139. The molecule has 0 unspecified atom stereocenters. The van der Waals surface area contributed by atoms with Crippen molar-refractivity contribution in [3.05, 3.63) is 12.8 Å². The van der Waals surface area contributed by atoms with Crippen molar-refractivity contribution in [3.63, 3.8) is 0 Å². The Balaban J connectivity index is 1.80. The molecule has 1 aliphatic carbocycles. The molecule has 0 heterocycles. The molecule has 70 valence electrons. The fourth-order valence-corrected chi connectivity index (χ4v) is 1.24. The maximum atomic E-state index is 3.59. The van der Waals surface area contributed by atoms with Gasteiger partial charge in [-0.2, -0.15) is 0 Å². The van der Waals surface area contributed by atoms with Crippen LogP contribution in [-0.4, -0.2) is 19.6 Å². The SMILES string of the molecule is C=CNCCNCCC1(C)CC1. The van der Waals surface area contributed by atoms with Gasteiger partial charge in [0, 0.05) is 13.1 Å². The van der Waals surface area contributed by atoms with E-state index in [9.17, 15) is 0 Å². The van der Waals surface area contributed by atoms with Crippen molar-refractivity contribution < 1.29 is 0 Å². The molecular weight excluding hydrogens is 148 g/mol. The van der Waals surface area contributed by atoms with Crippen LogP contribution in [0.5, 0.6) is 0 Å². The summed E-state index contributed by atoms with van der Waals surface area (Å²) in [4.78, 5) is 0. The van der Waals surface area contributed by atoms with Gasteiger partial charge in [-0.1, -0.05) is 13.5 Å². The maximum Gasteiger partial charge on any atom is 0.0266 e. The maximum absolute atomic E-state index is 3.59. The molecule has 0 aromatic carbocycles. The summed E-state index contributed by atoms with van der Waals surface area (Å²) in [5, 5.41) is 6.47. The van der Waals surface area contributed by atoms with Crippen molar-refractivity contribution in [2.24, 2.45) is 5.41 Å². The predicted molar refractivity (Wildman–Crippen MR) is 53.0 cm³/mol. The Kier molecular flexibility index (Phi) is 3.60. The van der Waals surface area contributed by atoms with Crippen molar-refractivity contribution in [2.75, 3.05) is 19.6 Å². The summed E-state index contributed by atoms with van der Waals surface area (Å²) in [5.41, 5.74) is 0.693. The zero-order valence-corrected chi connectivity index (χ0v) is 8.03. The van der Waals surface area contributed by atoms with Gasteiger partial charge < -0.3 is 10.6 Å². The van der Waals surface area contributed by atoms with Gasteiger partial charge in [0.1, 0.15) is 0 Å². The van der Waals surface area contributed by atoms with Gasteiger partial charge >= 0.3 is 0 Å². The summed E-state index contributed by atoms with van der Waals surface area (Å²) in [6.07, 6.45) is 5.93. The summed E-state index contributed by atoms with van der Waals surface area (Å²) in [6, 6.07) is 0. The second kappa shape index (κ2) is 4.51. The van der Waals surface area contributed by atoms with E-state index in [0.29, 0.717) is 5.41 Å². The Hall–Kier alpha value is -0.500. The normalized spacial score (nSPS) is 18.8. The molecule has 0 bridgehead atoms. The first kappa shape index (κ1) is 9.59. The molecule has 1 fully saturated rings. The Morgan fingerprint density at radius 3 is 2.67 bits per heavy atom. The summed E-state index contributed by atoms with van der Waals surface area (Å²) >= 11 is 0. The lowest BCUT2D eigenvalue weighted by atomic mass is 10.1. The topological polar surface area (TPSA) is 24.1 Å². The van der Waals surface area contributed by atoms with E-state index in [1.807, 2.05) is 0 Å². The van der Waals surface area contributed by atoms with E-state index in [-0.39, 0.29) is 0 Å². The van der Waals surface area contributed by atoms with Crippen molar-refractivity contribution in [1.29, 1.82) is 0 Å². The van der Waals surface area contributed by atoms with E-state index < -0.39 is 0 Å². The molecule has 12 heavy (non-hydrogen) atoms. The van der Waals surface area contributed by atoms with Crippen LogP contribution in [0.1, 0.15) is 26.2 Å². The molecule has 0 saturated heterocycles. The first-order valence-corrected chi connectivity index (χ1v) is 4.82. The highest BCUT2D eigenvalue weighted by Gasteiger charge is 2.35. The highest BCUT2D eigenvalue weighted by atomic mass is 14.9. The third kappa shape index (κ3) is 3.77. The molecular formula is C10H20N2. The van der Waals surface area contributed by atoms with Gasteiger partial charge in [0.25, 0.3) is 0 Å². The van der Waals surface area contributed by atoms with Crippen LogP contribution in [0.4, 0.5) is 0 Å². The zero-order chi connectivity index (χ0) is 8.86. The van der Waals surface area contributed by atoms with Crippen molar-refractivity contribution in [2.45, 2.75) is 26.2 Å². The largest absolute Gasteiger partial charge is 0.390 e. The van der Waals surface area contributed by atoms with Gasteiger partial charge in [-0.3, -0.25) is 0 Å². The standard InChI is InChI=1S/C10H20N2/c1-3-11-8-9-12-7-6-10(2)4-5-10/h3,11-12H,1,4-9H2,2H3. The van der Waals surface area contributed by atoms with Crippen LogP contribution in [0.2, 0.25) is 0 Å². The summed E-state index contributed by atoms with van der Waals surface area (Å²) in [7, 11) is 0. The second-order valence-electron chi connectivity index (χ2n) is 3.97. The van der Waals surface area contributed by atoms with Crippen molar-refractivity contribution >= 4 is 0 Å². The van der Waals surface area contributed by atoms with Crippen LogP contribution in [0, 0.1) is 5.41 Å². The van der Waals surface area contributed by atoms with Gasteiger partial charge in [0.15, 0.2) is 0 Å². The fraction of sp³-hybridized carbons (Fsp3) is 0.800.